The van der Waals surface area contributed by atoms with Crippen molar-refractivity contribution in [1.82, 2.24) is 4.90 Å². The zero-order chi connectivity index (χ0) is 39.3. The molecule has 2 amide bonds. The molecule has 0 radical (unpaired) electrons. The number of carbonyl (C=O) groups is 2. The van der Waals surface area contributed by atoms with E-state index in [2.05, 4.69) is 25.2 Å². The van der Waals surface area contributed by atoms with E-state index in [1.54, 1.807) is 56.6 Å². The third-order valence-electron chi connectivity index (χ3n) is 11.8. The number of rotatable bonds is 10. The highest BCUT2D eigenvalue weighted by Crippen LogP contribution is 2.59. The maximum absolute atomic E-state index is 14.4. The van der Waals surface area contributed by atoms with Crippen molar-refractivity contribution in [2.24, 2.45) is 5.41 Å². The summed E-state index contributed by atoms with van der Waals surface area (Å²) in [6, 6.07) is 22.2. The number of ketones is 1. The summed E-state index contributed by atoms with van der Waals surface area (Å²) in [5.74, 6) is 1.64. The summed E-state index contributed by atoms with van der Waals surface area (Å²) in [5, 5.41) is 27.2. The number of hydrogen-bond acceptors (Lipinski definition) is 8. The fourth-order valence-electron chi connectivity index (χ4n) is 8.47. The minimum absolute atomic E-state index is 0.0392. The Balaban J connectivity index is 1.42. The summed E-state index contributed by atoms with van der Waals surface area (Å²) in [6.45, 7) is 6.43. The van der Waals surface area contributed by atoms with E-state index >= 15 is 0 Å². The molecule has 1 fully saturated rings. The maximum atomic E-state index is 14.4. The van der Waals surface area contributed by atoms with Gasteiger partial charge in [0.15, 0.2) is 0 Å². The lowest BCUT2D eigenvalue weighted by atomic mass is 9.64. The molecule has 0 spiro atoms. The number of fused-ring (bicyclic) bond motifs is 8. The van der Waals surface area contributed by atoms with Crippen LogP contribution < -0.4 is 19.5 Å². The van der Waals surface area contributed by atoms with Gasteiger partial charge in [-0.1, -0.05) is 30.7 Å². The third-order valence-corrected chi connectivity index (χ3v) is 12.8. The Bertz CT molecular complexity index is 2020. The molecule has 10 heteroatoms. The molecule has 292 valence electrons. The van der Waals surface area contributed by atoms with Crippen molar-refractivity contribution in [3.05, 3.63) is 116 Å². The van der Waals surface area contributed by atoms with Crippen molar-refractivity contribution in [2.45, 2.75) is 89.9 Å². The van der Waals surface area contributed by atoms with Gasteiger partial charge >= 0.3 is 6.03 Å². The maximum Gasteiger partial charge on any atom is 0.322 e. The van der Waals surface area contributed by atoms with Gasteiger partial charge < -0.3 is 34.6 Å². The largest absolute Gasteiger partial charge is 0.497 e. The lowest BCUT2D eigenvalue weighted by Gasteiger charge is -2.46. The average Bonchev–Trinajstić information content (AvgIpc) is 3.73. The number of aryl methyl sites for hydroxylation is 1. The first-order valence-corrected chi connectivity index (χ1v) is 19.9. The molecule has 1 saturated carbocycles. The van der Waals surface area contributed by atoms with E-state index in [-0.39, 0.29) is 30.8 Å². The summed E-state index contributed by atoms with van der Waals surface area (Å²) >= 11 is 1.48. The number of nitrogens with one attached hydrogen (secondary N) is 1. The average molecular weight is 767 g/mol. The molecule has 1 heterocycles. The summed E-state index contributed by atoms with van der Waals surface area (Å²) in [7, 11) is 4.77. The Morgan fingerprint density at radius 2 is 1.65 bits per heavy atom. The van der Waals surface area contributed by atoms with E-state index < -0.39 is 17.1 Å². The molecule has 4 aromatic rings. The topological polar surface area (TPSA) is 118 Å². The molecule has 3 N–H and O–H groups in total. The molecule has 1 aromatic heterocycles. The van der Waals surface area contributed by atoms with Crippen LogP contribution in [0.25, 0.3) is 0 Å². The van der Waals surface area contributed by atoms with E-state index in [0.717, 1.165) is 28.0 Å². The van der Waals surface area contributed by atoms with E-state index in [1.807, 2.05) is 49.4 Å². The smallest absolute Gasteiger partial charge is 0.322 e. The highest BCUT2D eigenvalue weighted by atomic mass is 32.1. The number of carbonyl (C=O) groups excluding carboxylic acids is 2. The minimum atomic E-state index is -1.33. The molecule has 9 nitrogen and oxygen atoms in total. The molecule has 55 heavy (non-hydrogen) atoms. The van der Waals surface area contributed by atoms with Crippen molar-refractivity contribution < 1.29 is 34.0 Å². The number of ether oxygens (including phenoxy) is 3. The van der Waals surface area contributed by atoms with E-state index in [4.69, 9.17) is 14.2 Å². The molecular weight excluding hydrogens is 713 g/mol. The minimum Gasteiger partial charge on any atom is -0.497 e. The Kier molecular flexibility index (Phi) is 12.4. The second-order valence-electron chi connectivity index (χ2n) is 15.4. The number of aliphatic hydroxyl groups is 2. The van der Waals surface area contributed by atoms with E-state index in [1.165, 1.54) is 16.9 Å². The number of amides is 2. The van der Waals surface area contributed by atoms with Gasteiger partial charge in [0, 0.05) is 33.2 Å². The molecule has 7 rings (SSSR count). The first-order valence-electron chi connectivity index (χ1n) is 19.1. The predicted molar refractivity (Wildman–Crippen MR) is 218 cm³/mol. The van der Waals surface area contributed by atoms with Gasteiger partial charge in [-0.25, -0.2) is 4.79 Å². The van der Waals surface area contributed by atoms with Crippen LogP contribution in [0.2, 0.25) is 0 Å². The number of urea groups is 1. The van der Waals surface area contributed by atoms with Gasteiger partial charge in [0.1, 0.15) is 17.2 Å². The fraction of sp³-hybridized carbons (Fsp3) is 0.422. The van der Waals surface area contributed by atoms with Crippen molar-refractivity contribution >= 4 is 28.8 Å². The van der Waals surface area contributed by atoms with Gasteiger partial charge in [-0.15, -0.1) is 11.3 Å². The Hall–Kier alpha value is -4.64. The van der Waals surface area contributed by atoms with Crippen molar-refractivity contribution in [3.8, 4) is 17.2 Å². The van der Waals surface area contributed by atoms with Crippen LogP contribution in [0.15, 0.2) is 84.4 Å². The molecule has 3 aliphatic carbocycles. The monoisotopic (exact) mass is 766 g/mol. The summed E-state index contributed by atoms with van der Waals surface area (Å²) in [5.41, 5.74) is 2.91. The van der Waals surface area contributed by atoms with Gasteiger partial charge in [0.25, 0.3) is 0 Å². The Morgan fingerprint density at radius 3 is 2.35 bits per heavy atom. The first-order chi connectivity index (χ1) is 26.4. The number of benzene rings is 3. The van der Waals surface area contributed by atoms with Crippen LogP contribution in [0.5, 0.6) is 17.2 Å². The molecule has 4 atom stereocenters. The number of thiophene rings is 1. The van der Waals surface area contributed by atoms with E-state index in [0.29, 0.717) is 71.9 Å². The number of allylic oxidation sites excluding steroid dienone is 2. The second kappa shape index (κ2) is 17.0. The van der Waals surface area contributed by atoms with Crippen LogP contribution in [0.1, 0.15) is 95.1 Å². The molecule has 0 saturated heterocycles. The zero-order valence-corrected chi connectivity index (χ0v) is 33.6. The normalized spacial score (nSPS) is 22.6. The van der Waals surface area contributed by atoms with Gasteiger partial charge in [-0.2, -0.15) is 0 Å². The standard InChI is InChI=1S/C45H54N2O7S/c1-29-8-7-22-44(3)39(37-19-11-31(24-34(48)15-9-29)25-38(37)42(49)41-20-10-30(2)55-41)21-23-45(44,51)28-47(27-32-12-16-36(53-5)26-40(32)54-6)43(50)46-33-13-17-35(52-4)18-14-33/h8,10-14,16-20,25-26,34,39,48,51H,7,9,15,21-24,27-28H2,1-6H3,(H,46,50)/t34-,39-,44-,45+/m0/s1. The van der Waals surface area contributed by atoms with Crippen molar-refractivity contribution in [2.75, 3.05) is 33.2 Å². The van der Waals surface area contributed by atoms with Crippen LogP contribution in [-0.4, -0.2) is 66.5 Å². The molecular formula is C45H54N2O7S. The fourth-order valence-corrected chi connectivity index (χ4v) is 9.29. The Labute approximate surface area is 328 Å². The van der Waals surface area contributed by atoms with Crippen molar-refractivity contribution in [1.29, 1.82) is 0 Å². The zero-order valence-electron chi connectivity index (χ0n) is 32.8. The van der Waals surface area contributed by atoms with E-state index in [9.17, 15) is 19.8 Å². The van der Waals surface area contributed by atoms with Gasteiger partial charge in [0.05, 0.1) is 51.0 Å². The number of aliphatic hydroxyl groups excluding tert-OH is 1. The van der Waals surface area contributed by atoms with Crippen LogP contribution >= 0.6 is 11.3 Å². The second-order valence-corrected chi connectivity index (χ2v) is 16.7. The molecule has 0 unspecified atom stereocenters. The van der Waals surface area contributed by atoms with Crippen LogP contribution in [0.3, 0.4) is 0 Å². The first kappa shape index (κ1) is 40.0. The summed E-state index contributed by atoms with van der Waals surface area (Å²) < 4.78 is 16.5. The molecule has 3 aromatic carbocycles. The predicted octanol–water partition coefficient (Wildman–Crippen LogP) is 9.09. The van der Waals surface area contributed by atoms with Crippen LogP contribution in [-0.2, 0) is 13.0 Å². The number of anilines is 1. The molecule has 3 aliphatic rings. The highest BCUT2D eigenvalue weighted by Gasteiger charge is 2.57. The number of methoxy groups -OCH3 is 3. The highest BCUT2D eigenvalue weighted by molar-refractivity contribution is 7.14. The van der Waals surface area contributed by atoms with Gasteiger partial charge in [-0.3, -0.25) is 4.79 Å². The number of hydrogen-bond donors (Lipinski definition) is 3. The SMILES string of the molecule is COc1ccc(NC(=O)N(Cc2ccc(OC)cc2OC)C[C@]2(O)CC[C@H]3c4ccc(cc4C(=O)c4ccc(C)s4)C[C@@H](O)CCC(C)=CCC[C@@]32C)cc1. The molecule has 0 aliphatic heterocycles. The van der Waals surface area contributed by atoms with Gasteiger partial charge in [-0.05, 0) is 130 Å². The lowest BCUT2D eigenvalue weighted by Crippen LogP contribution is -2.54. The Morgan fingerprint density at radius 1 is 0.909 bits per heavy atom. The third kappa shape index (κ3) is 8.77. The van der Waals surface area contributed by atoms with Crippen LogP contribution in [0, 0.1) is 12.3 Å². The summed E-state index contributed by atoms with van der Waals surface area (Å²) in [4.78, 5) is 32.1. The summed E-state index contributed by atoms with van der Waals surface area (Å²) in [6.07, 6.45) is 5.91. The lowest BCUT2D eigenvalue weighted by molar-refractivity contribution is -0.0773. The van der Waals surface area contributed by atoms with Gasteiger partial charge in [0.2, 0.25) is 5.78 Å². The number of nitrogens with zero attached hydrogens (tertiary/aromatic N) is 1. The van der Waals surface area contributed by atoms with Crippen molar-refractivity contribution in [3.63, 3.8) is 0 Å². The van der Waals surface area contributed by atoms with Crippen LogP contribution in [0.4, 0.5) is 10.5 Å². The molecule has 2 bridgehead atoms. The quantitative estimate of drug-likeness (QED) is 0.109.